The Morgan fingerprint density at radius 2 is 2.44 bits per heavy atom. The van der Waals surface area contributed by atoms with E-state index in [0.29, 0.717) is 10.9 Å². The highest BCUT2D eigenvalue weighted by Crippen LogP contribution is 2.22. The fourth-order valence-electron chi connectivity index (χ4n) is 1.13. The minimum absolute atomic E-state index is 0.239. The van der Waals surface area contributed by atoms with Gasteiger partial charge in [0.1, 0.15) is 6.04 Å². The summed E-state index contributed by atoms with van der Waals surface area (Å²) >= 11 is 7.17. The van der Waals surface area contributed by atoms with E-state index in [2.05, 4.69) is 15.4 Å². The van der Waals surface area contributed by atoms with E-state index in [0.717, 1.165) is 4.88 Å². The molecule has 1 aliphatic heterocycles. The predicted octanol–water partition coefficient (Wildman–Crippen LogP) is 2.66. The summed E-state index contributed by atoms with van der Waals surface area (Å²) in [6, 6.07) is 3.31. The Kier molecular flexibility index (Phi) is 3.31. The molecule has 2 heterocycles. The molecule has 0 saturated heterocycles. The van der Waals surface area contributed by atoms with Gasteiger partial charge >= 0.3 is 5.91 Å². The highest BCUT2D eigenvalue weighted by atomic mass is 35.5. The van der Waals surface area contributed by atoms with E-state index in [4.69, 9.17) is 16.4 Å². The molecule has 0 bridgehead atoms. The number of amides is 1. The van der Waals surface area contributed by atoms with Crippen LogP contribution in [-0.2, 0) is 16.2 Å². The second-order valence-corrected chi connectivity index (χ2v) is 4.95. The first-order valence-electron chi connectivity index (χ1n) is 4.56. The average Bonchev–Trinajstić information content (AvgIpc) is 2.78. The summed E-state index contributed by atoms with van der Waals surface area (Å²) in [7, 11) is 0. The Balaban J connectivity index is 1.92. The lowest BCUT2D eigenvalue weighted by atomic mass is 10.2. The maximum atomic E-state index is 11.1. The van der Waals surface area contributed by atoms with Gasteiger partial charge in [-0.05, 0) is 19.1 Å². The van der Waals surface area contributed by atoms with Crippen molar-refractivity contribution in [1.82, 2.24) is 0 Å². The van der Waals surface area contributed by atoms with Gasteiger partial charge in [0, 0.05) is 4.88 Å². The van der Waals surface area contributed by atoms with Crippen molar-refractivity contribution in [1.29, 1.82) is 0 Å². The van der Waals surface area contributed by atoms with Crippen LogP contribution in [0.5, 0.6) is 0 Å². The Hall–Kier alpha value is -1.27. The fourth-order valence-corrected chi connectivity index (χ4v) is 2.13. The summed E-state index contributed by atoms with van der Waals surface area (Å²) in [5.41, 5.74) is 0.239. The van der Waals surface area contributed by atoms with Crippen molar-refractivity contribution in [3.05, 3.63) is 21.3 Å². The van der Waals surface area contributed by atoms with Gasteiger partial charge in [-0.1, -0.05) is 16.8 Å². The number of hydrogen-bond donors (Lipinski definition) is 0. The van der Waals surface area contributed by atoms with Crippen LogP contribution >= 0.6 is 22.9 Å². The second kappa shape index (κ2) is 4.71. The summed E-state index contributed by atoms with van der Waals surface area (Å²) in [6.45, 7) is 2.03. The molecule has 0 N–H and O–H groups in total. The molecule has 84 valence electrons. The van der Waals surface area contributed by atoms with Crippen molar-refractivity contribution in [2.24, 2.45) is 15.4 Å². The number of carbonyl (C=O) groups is 1. The van der Waals surface area contributed by atoms with Gasteiger partial charge in [-0.3, -0.25) is 4.79 Å². The van der Waals surface area contributed by atoms with Crippen LogP contribution < -0.4 is 0 Å². The van der Waals surface area contributed by atoms with Crippen LogP contribution in [0.2, 0.25) is 4.34 Å². The minimum atomic E-state index is -0.434. The molecule has 7 heteroatoms. The van der Waals surface area contributed by atoms with Crippen molar-refractivity contribution >= 4 is 34.6 Å². The van der Waals surface area contributed by atoms with E-state index >= 15 is 0 Å². The van der Waals surface area contributed by atoms with E-state index in [9.17, 15) is 4.79 Å². The fraction of sp³-hybridized carbons (Fsp3) is 0.333. The van der Waals surface area contributed by atoms with Gasteiger partial charge in [0.2, 0.25) is 0 Å². The lowest BCUT2D eigenvalue weighted by Gasteiger charge is -1.99. The number of thiophene rings is 1. The van der Waals surface area contributed by atoms with E-state index < -0.39 is 5.91 Å². The number of hydrogen-bond acceptors (Lipinski definition) is 5. The number of carbonyl (C=O) groups excluding carboxylic acids is 1. The quantitative estimate of drug-likeness (QED) is 0.782. The number of oxime groups is 1. The topological polar surface area (TPSA) is 63.4 Å². The first kappa shape index (κ1) is 11.2. The molecule has 0 saturated carbocycles. The van der Waals surface area contributed by atoms with Crippen molar-refractivity contribution < 1.29 is 9.63 Å². The second-order valence-electron chi connectivity index (χ2n) is 3.15. The smallest absolute Gasteiger partial charge is 0.315 e. The summed E-state index contributed by atoms with van der Waals surface area (Å²) < 4.78 is 0.696. The molecule has 2 rings (SSSR count). The highest BCUT2D eigenvalue weighted by molar-refractivity contribution is 7.16. The van der Waals surface area contributed by atoms with E-state index in [-0.39, 0.29) is 11.8 Å². The third-order valence-corrected chi connectivity index (χ3v) is 3.14. The van der Waals surface area contributed by atoms with Crippen molar-refractivity contribution in [2.45, 2.75) is 19.6 Å². The van der Waals surface area contributed by atoms with Crippen molar-refractivity contribution in [2.75, 3.05) is 0 Å². The molecule has 0 aromatic carbocycles. The van der Waals surface area contributed by atoms with E-state index in [1.54, 1.807) is 13.0 Å². The molecular weight excluding hydrogens is 250 g/mol. The standard InChI is InChI=1S/C9H8ClN3O2S/c1-5-8(9(14)12-11-5)13-15-4-6-2-3-7(10)16-6/h2-3,5H,4H2,1H3. The molecule has 0 aliphatic carbocycles. The van der Waals surface area contributed by atoms with Crippen LogP contribution in [0.15, 0.2) is 27.5 Å². The Bertz CT molecular complexity index is 469. The van der Waals surface area contributed by atoms with Crippen LogP contribution in [0.3, 0.4) is 0 Å². The molecule has 0 spiro atoms. The van der Waals surface area contributed by atoms with Crippen LogP contribution in [-0.4, -0.2) is 17.7 Å². The van der Waals surface area contributed by atoms with E-state index in [1.807, 2.05) is 6.07 Å². The van der Waals surface area contributed by atoms with Gasteiger partial charge in [0.05, 0.1) is 4.34 Å². The van der Waals surface area contributed by atoms with Gasteiger partial charge < -0.3 is 4.84 Å². The van der Waals surface area contributed by atoms with Crippen LogP contribution in [0.25, 0.3) is 0 Å². The number of nitrogens with zero attached hydrogens (tertiary/aromatic N) is 3. The molecule has 16 heavy (non-hydrogen) atoms. The molecule has 0 radical (unpaired) electrons. The minimum Gasteiger partial charge on any atom is -0.390 e. The van der Waals surface area contributed by atoms with Crippen LogP contribution in [0.1, 0.15) is 11.8 Å². The highest BCUT2D eigenvalue weighted by Gasteiger charge is 2.25. The maximum absolute atomic E-state index is 11.1. The Morgan fingerprint density at radius 3 is 3.00 bits per heavy atom. The first-order valence-corrected chi connectivity index (χ1v) is 5.75. The molecular formula is C9H8ClN3O2S. The largest absolute Gasteiger partial charge is 0.390 e. The molecule has 1 aromatic heterocycles. The first-order chi connectivity index (χ1) is 7.66. The molecule has 1 aliphatic rings. The lowest BCUT2D eigenvalue weighted by Crippen LogP contribution is -2.17. The van der Waals surface area contributed by atoms with Gasteiger partial charge in [0.25, 0.3) is 0 Å². The molecule has 0 fully saturated rings. The van der Waals surface area contributed by atoms with Crippen LogP contribution in [0.4, 0.5) is 0 Å². The molecule has 1 unspecified atom stereocenters. The van der Waals surface area contributed by atoms with Crippen molar-refractivity contribution in [3.8, 4) is 0 Å². The third-order valence-electron chi connectivity index (χ3n) is 1.94. The monoisotopic (exact) mass is 257 g/mol. The Labute approximate surface area is 101 Å². The van der Waals surface area contributed by atoms with Crippen molar-refractivity contribution in [3.63, 3.8) is 0 Å². The van der Waals surface area contributed by atoms with Crippen LogP contribution in [0, 0.1) is 0 Å². The summed E-state index contributed by atoms with van der Waals surface area (Å²) in [4.78, 5) is 17.1. The number of azo groups is 1. The van der Waals surface area contributed by atoms with Gasteiger partial charge in [-0.2, -0.15) is 5.11 Å². The normalized spacial score (nSPS) is 22.0. The predicted molar refractivity (Wildman–Crippen MR) is 60.9 cm³/mol. The number of rotatable bonds is 3. The zero-order valence-electron chi connectivity index (χ0n) is 8.38. The average molecular weight is 258 g/mol. The zero-order chi connectivity index (χ0) is 11.5. The van der Waals surface area contributed by atoms with Gasteiger partial charge in [0.15, 0.2) is 12.3 Å². The molecule has 5 nitrogen and oxygen atoms in total. The number of halogens is 1. The van der Waals surface area contributed by atoms with Gasteiger partial charge in [-0.25, -0.2) is 0 Å². The summed E-state index contributed by atoms with van der Waals surface area (Å²) in [5, 5.41) is 10.8. The summed E-state index contributed by atoms with van der Waals surface area (Å²) in [6.07, 6.45) is 0. The Morgan fingerprint density at radius 1 is 1.62 bits per heavy atom. The van der Waals surface area contributed by atoms with Gasteiger partial charge in [-0.15, -0.1) is 16.5 Å². The molecule has 1 amide bonds. The summed E-state index contributed by atoms with van der Waals surface area (Å²) in [5.74, 6) is -0.434. The molecule has 1 atom stereocenters. The lowest BCUT2D eigenvalue weighted by molar-refractivity contribution is -0.112. The molecule has 1 aromatic rings. The van der Waals surface area contributed by atoms with E-state index in [1.165, 1.54) is 11.3 Å². The SMILES string of the molecule is CC1N=NC(=O)C1=NOCc1ccc(Cl)s1. The maximum Gasteiger partial charge on any atom is 0.315 e. The zero-order valence-corrected chi connectivity index (χ0v) is 9.96. The third kappa shape index (κ3) is 2.45.